The molecule has 4 aliphatic rings. The van der Waals surface area contributed by atoms with Gasteiger partial charge >= 0.3 is 30.9 Å². The molecule has 0 heterocycles. The minimum atomic E-state index is -4.66. The lowest BCUT2D eigenvalue weighted by Crippen LogP contribution is -2.40. The summed E-state index contributed by atoms with van der Waals surface area (Å²) in [4.78, 5) is 0. The summed E-state index contributed by atoms with van der Waals surface area (Å²) in [5.41, 5.74) is 5.47. The van der Waals surface area contributed by atoms with Crippen molar-refractivity contribution in [3.8, 4) is 0 Å². The van der Waals surface area contributed by atoms with Crippen LogP contribution >= 0.6 is 0 Å². The fourth-order valence-electron chi connectivity index (χ4n) is 5.93. The first-order chi connectivity index (χ1) is 21.1. The lowest BCUT2D eigenvalue weighted by atomic mass is 9.79. The van der Waals surface area contributed by atoms with Crippen LogP contribution in [0.4, 0.5) is 65.9 Å². The van der Waals surface area contributed by atoms with E-state index in [9.17, 15) is 65.9 Å². The van der Waals surface area contributed by atoms with Crippen molar-refractivity contribution >= 4 is 0 Å². The Labute approximate surface area is 262 Å². The number of hydrogen-bond donors (Lipinski definition) is 4. The van der Waals surface area contributed by atoms with Crippen LogP contribution in [-0.4, -0.2) is 70.6 Å². The molecule has 4 unspecified atom stereocenters. The molecule has 4 saturated carbocycles. The second-order valence-corrected chi connectivity index (χ2v) is 12.7. The molecule has 4 nitrogen and oxygen atoms in total. The molecular weight excluding hydrogens is 683 g/mol. The third kappa shape index (κ3) is 16.8. The quantitative estimate of drug-likeness (QED) is 0.188. The molecule has 0 amide bonds. The monoisotopic (exact) mass is 725 g/mol. The van der Waals surface area contributed by atoms with E-state index in [0.717, 1.165) is 0 Å². The molecule has 47 heavy (non-hydrogen) atoms. The molecule has 4 aliphatic carbocycles. The summed E-state index contributed by atoms with van der Waals surface area (Å²) in [5, 5.41) is 26.7. The van der Waals surface area contributed by atoms with Gasteiger partial charge in [-0.25, -0.2) is 0 Å². The maximum absolute atomic E-state index is 12.2. The number of halogens is 15. The second kappa shape index (κ2) is 17.6. The number of aliphatic hydroxyl groups is 3. The fourth-order valence-corrected chi connectivity index (χ4v) is 5.93. The van der Waals surface area contributed by atoms with E-state index in [2.05, 4.69) is 0 Å². The number of aliphatic hydroxyl groups excluding tert-OH is 3. The number of alkyl halides is 15. The van der Waals surface area contributed by atoms with Gasteiger partial charge in [-0.15, -0.1) is 0 Å². The molecule has 5 N–H and O–H groups in total. The Kier molecular flexibility index (Phi) is 16.4. The largest absolute Gasteiger partial charge is 0.393 e. The van der Waals surface area contributed by atoms with Crippen molar-refractivity contribution in [2.75, 3.05) is 0 Å². The predicted octanol–water partition coefficient (Wildman–Crippen LogP) is 8.76. The van der Waals surface area contributed by atoms with Crippen molar-refractivity contribution in [2.24, 2.45) is 35.3 Å². The highest BCUT2D eigenvalue weighted by atomic mass is 19.4. The Morgan fingerprint density at radius 2 is 0.596 bits per heavy atom. The van der Waals surface area contributed by atoms with Crippen LogP contribution in [0.15, 0.2) is 0 Å². The van der Waals surface area contributed by atoms with Gasteiger partial charge in [0.15, 0.2) is 0 Å². The summed E-state index contributed by atoms with van der Waals surface area (Å²) in [6.45, 7) is 0. The zero-order valence-corrected chi connectivity index (χ0v) is 25.2. The van der Waals surface area contributed by atoms with Crippen LogP contribution in [0.1, 0.15) is 89.9 Å². The number of nitrogens with two attached hydrogens (primary N) is 1. The maximum Gasteiger partial charge on any atom is 0.391 e. The Hall–Kier alpha value is -1.21. The first-order valence-electron chi connectivity index (χ1n) is 15.2. The van der Waals surface area contributed by atoms with Crippen LogP contribution in [-0.2, 0) is 0 Å². The molecule has 0 radical (unpaired) electrons. The Morgan fingerprint density at radius 3 is 0.872 bits per heavy atom. The molecule has 19 heteroatoms. The molecule has 0 bridgehead atoms. The van der Waals surface area contributed by atoms with E-state index in [1.807, 2.05) is 0 Å². The van der Waals surface area contributed by atoms with E-state index in [0.29, 0.717) is 32.1 Å². The van der Waals surface area contributed by atoms with Gasteiger partial charge in [-0.2, -0.15) is 65.9 Å². The molecule has 282 valence electrons. The van der Waals surface area contributed by atoms with Gasteiger partial charge in [0.25, 0.3) is 0 Å². The molecule has 0 aromatic heterocycles. The normalized spacial score (nSPS) is 34.1. The number of hydrogen-bond acceptors (Lipinski definition) is 4. The zero-order valence-electron chi connectivity index (χ0n) is 25.2. The average molecular weight is 726 g/mol. The first kappa shape index (κ1) is 43.8. The van der Waals surface area contributed by atoms with Crippen molar-refractivity contribution < 1.29 is 81.2 Å². The van der Waals surface area contributed by atoms with Crippen LogP contribution in [0.25, 0.3) is 0 Å². The van der Waals surface area contributed by atoms with Crippen LogP contribution in [0, 0.1) is 29.6 Å². The minimum Gasteiger partial charge on any atom is -0.393 e. The van der Waals surface area contributed by atoms with Crippen LogP contribution < -0.4 is 5.73 Å². The molecule has 0 saturated heterocycles. The highest BCUT2D eigenvalue weighted by molar-refractivity contribution is 4.85. The van der Waals surface area contributed by atoms with Crippen molar-refractivity contribution in [2.45, 2.75) is 145 Å². The van der Waals surface area contributed by atoms with E-state index in [1.165, 1.54) is 0 Å². The van der Waals surface area contributed by atoms with Crippen molar-refractivity contribution in [1.82, 2.24) is 0 Å². The highest BCUT2D eigenvalue weighted by Gasteiger charge is 2.51. The summed E-state index contributed by atoms with van der Waals surface area (Å²) in [6, 6.07) is -0.00593. The molecule has 4 fully saturated rings. The van der Waals surface area contributed by atoms with E-state index in [-0.39, 0.29) is 44.6 Å². The molecule has 0 aliphatic heterocycles. The maximum atomic E-state index is 12.2. The van der Waals surface area contributed by atoms with Gasteiger partial charge in [0.05, 0.1) is 47.9 Å². The smallest absolute Gasteiger partial charge is 0.391 e. The standard InChI is InChI=1S/C8H10F6O.C7H12F3N.C7H11F3O.C6H9F3O/c9-7(10,11)4-1-5(8(12,13)14)3-6(15)2-4;2*8-7(9,10)5-1-3-6(11)4-2-5;7-6(8,9)4-1-2-5(10)3-4/h4-6,15H,1-3H2;5-6H,1-4,11H2;5-6,11H,1-4H2;4-5,10H,1-3H2. The van der Waals surface area contributed by atoms with Gasteiger partial charge in [0, 0.05) is 6.04 Å². The molecule has 0 spiro atoms. The van der Waals surface area contributed by atoms with E-state index < -0.39 is 98.0 Å². The van der Waals surface area contributed by atoms with Crippen LogP contribution in [0.2, 0.25) is 0 Å². The van der Waals surface area contributed by atoms with E-state index in [4.69, 9.17) is 21.1 Å². The minimum absolute atomic E-state index is 0.00593. The molecule has 0 aromatic carbocycles. The summed E-state index contributed by atoms with van der Waals surface area (Å²) >= 11 is 0. The Bertz CT molecular complexity index is 819. The van der Waals surface area contributed by atoms with Gasteiger partial charge < -0.3 is 21.1 Å². The average Bonchev–Trinajstić information content (AvgIpc) is 3.35. The van der Waals surface area contributed by atoms with Gasteiger partial charge in [0.1, 0.15) is 0 Å². The molecule has 0 aromatic rings. The topological polar surface area (TPSA) is 86.7 Å². The van der Waals surface area contributed by atoms with Crippen molar-refractivity contribution in [3.05, 3.63) is 0 Å². The first-order valence-corrected chi connectivity index (χ1v) is 15.2. The van der Waals surface area contributed by atoms with Gasteiger partial charge in [-0.05, 0) is 89.9 Å². The van der Waals surface area contributed by atoms with Crippen LogP contribution in [0.5, 0.6) is 0 Å². The summed E-state index contributed by atoms with van der Waals surface area (Å²) in [6.07, 6.45) is -24.0. The fraction of sp³-hybridized carbons (Fsp3) is 1.00. The van der Waals surface area contributed by atoms with Gasteiger partial charge in [0.2, 0.25) is 0 Å². The van der Waals surface area contributed by atoms with Crippen molar-refractivity contribution in [1.29, 1.82) is 0 Å². The third-order valence-corrected chi connectivity index (χ3v) is 8.87. The Balaban J connectivity index is 0.000000317. The lowest BCUT2D eigenvalue weighted by Gasteiger charge is -2.34. The molecular formula is C28H42F15NO3. The summed E-state index contributed by atoms with van der Waals surface area (Å²) < 4.78 is 181. The van der Waals surface area contributed by atoms with Crippen LogP contribution in [0.3, 0.4) is 0 Å². The summed E-state index contributed by atoms with van der Waals surface area (Å²) in [7, 11) is 0. The Morgan fingerprint density at radius 1 is 0.319 bits per heavy atom. The van der Waals surface area contributed by atoms with E-state index >= 15 is 0 Å². The lowest BCUT2D eigenvalue weighted by molar-refractivity contribution is -0.233. The second-order valence-electron chi connectivity index (χ2n) is 12.7. The van der Waals surface area contributed by atoms with Crippen molar-refractivity contribution in [3.63, 3.8) is 0 Å². The third-order valence-electron chi connectivity index (χ3n) is 8.87. The number of rotatable bonds is 0. The SMILES string of the molecule is NC1CCC(C(F)(F)F)CC1.OC1CC(C(F)(F)F)CC(C(F)(F)F)C1.OC1CCC(C(F)(F)F)C1.OC1CCC(C(F)(F)F)CC1. The molecule has 4 rings (SSSR count). The highest BCUT2D eigenvalue weighted by Crippen LogP contribution is 2.45. The zero-order chi connectivity index (χ0) is 36.6. The summed E-state index contributed by atoms with van der Waals surface area (Å²) in [5.74, 6) is -7.63. The van der Waals surface area contributed by atoms with Gasteiger partial charge in [-0.3, -0.25) is 0 Å². The van der Waals surface area contributed by atoms with Gasteiger partial charge in [-0.1, -0.05) is 0 Å². The predicted molar refractivity (Wildman–Crippen MR) is 138 cm³/mol. The molecule has 4 atom stereocenters. The van der Waals surface area contributed by atoms with E-state index in [1.54, 1.807) is 0 Å².